The minimum Gasteiger partial charge on any atom is -0.461 e. The normalized spacial score (nSPS) is 16.0. The van der Waals surface area contributed by atoms with E-state index in [0.29, 0.717) is 0 Å². The first-order valence-corrected chi connectivity index (χ1v) is 9.60. The zero-order chi connectivity index (χ0) is 23.2. The quantitative estimate of drug-likeness (QED) is 0.706. The van der Waals surface area contributed by atoms with Gasteiger partial charge in [0.25, 0.3) is 0 Å². The van der Waals surface area contributed by atoms with Gasteiger partial charge in [-0.25, -0.2) is 9.48 Å². The fraction of sp³-hybridized carbons (Fsp3) is 0.550. The largest absolute Gasteiger partial charge is 0.461 e. The van der Waals surface area contributed by atoms with E-state index in [2.05, 4.69) is 10.1 Å². The molecule has 0 aliphatic carbocycles. The molecule has 3 heterocycles. The van der Waals surface area contributed by atoms with Crippen molar-refractivity contribution in [2.75, 3.05) is 19.8 Å². The Labute approximate surface area is 176 Å². The van der Waals surface area contributed by atoms with Crippen LogP contribution in [0.2, 0.25) is 0 Å². The number of hydrogen-bond donors (Lipinski definition) is 1. The number of rotatable bonds is 5. The van der Waals surface area contributed by atoms with E-state index in [1.54, 1.807) is 27.7 Å². The lowest BCUT2D eigenvalue weighted by Crippen LogP contribution is -2.47. The van der Waals surface area contributed by atoms with E-state index in [1.807, 2.05) is 0 Å². The molecule has 1 fully saturated rings. The summed E-state index contributed by atoms with van der Waals surface area (Å²) in [7, 11) is 0. The first-order valence-electron chi connectivity index (χ1n) is 9.60. The van der Waals surface area contributed by atoms with Crippen molar-refractivity contribution in [3.05, 3.63) is 34.8 Å². The molecule has 31 heavy (non-hydrogen) atoms. The van der Waals surface area contributed by atoms with Gasteiger partial charge in [0.05, 0.1) is 31.6 Å². The number of halogens is 3. The Morgan fingerprint density at radius 3 is 2.42 bits per heavy atom. The van der Waals surface area contributed by atoms with E-state index in [-0.39, 0.29) is 37.0 Å². The third kappa shape index (κ3) is 4.24. The number of carbonyl (C=O) groups is 1. The lowest BCUT2D eigenvalue weighted by molar-refractivity contribution is -0.192. The summed E-state index contributed by atoms with van der Waals surface area (Å²) in [6.45, 7) is 7.96. The van der Waals surface area contributed by atoms with E-state index in [0.717, 1.165) is 12.4 Å². The second-order valence-electron chi connectivity index (χ2n) is 8.27. The van der Waals surface area contributed by atoms with Gasteiger partial charge in [-0.05, 0) is 34.6 Å². The molecule has 0 amide bonds. The summed E-state index contributed by atoms with van der Waals surface area (Å²) in [5.74, 6) is -1.39. The molecule has 1 N–H and O–H groups in total. The molecular formula is C20H24F3N3O5. The molecule has 0 radical (unpaired) electrons. The molecule has 0 spiro atoms. The zero-order valence-electron chi connectivity index (χ0n) is 17.8. The first kappa shape index (κ1) is 23.0. The van der Waals surface area contributed by atoms with Crippen LogP contribution in [0, 0.1) is 6.92 Å². The molecule has 1 aliphatic heterocycles. The van der Waals surface area contributed by atoms with Crippen LogP contribution in [0.25, 0.3) is 0 Å². The molecule has 3 rings (SSSR count). The molecule has 1 aliphatic rings. The number of esters is 1. The van der Waals surface area contributed by atoms with E-state index in [9.17, 15) is 23.1 Å². The van der Waals surface area contributed by atoms with E-state index in [4.69, 9.17) is 14.2 Å². The van der Waals surface area contributed by atoms with Crippen molar-refractivity contribution in [1.29, 1.82) is 0 Å². The molecule has 0 aromatic carbocycles. The van der Waals surface area contributed by atoms with Crippen LogP contribution in [-0.2, 0) is 26.8 Å². The van der Waals surface area contributed by atoms with Crippen LogP contribution in [0.15, 0.2) is 12.4 Å². The van der Waals surface area contributed by atoms with Crippen LogP contribution in [0.5, 0.6) is 11.6 Å². The van der Waals surface area contributed by atoms with Gasteiger partial charge >= 0.3 is 12.1 Å². The molecule has 1 saturated heterocycles. The molecule has 2 aromatic rings. The summed E-state index contributed by atoms with van der Waals surface area (Å²) in [6.07, 6.45) is -2.97. The molecular weight excluding hydrogens is 419 g/mol. The van der Waals surface area contributed by atoms with Crippen LogP contribution in [0.4, 0.5) is 13.2 Å². The van der Waals surface area contributed by atoms with Crippen LogP contribution >= 0.6 is 0 Å². The number of nitrogens with zero attached hydrogens (tertiary/aromatic N) is 3. The number of pyridine rings is 1. The van der Waals surface area contributed by atoms with Crippen LogP contribution in [-0.4, -0.2) is 45.7 Å². The standard InChI is InChI=1S/C20H24F3N3O5/c1-6-30-17(27)15-11(2)16(26(25-15)18(3,4)5)31-13-8-24-7-12(14(13)20(21,22)23)19(28)9-29-10-19/h7-8,28H,6,9-10H2,1-5H3. The van der Waals surface area contributed by atoms with E-state index < -0.39 is 40.2 Å². The van der Waals surface area contributed by atoms with E-state index >= 15 is 0 Å². The topological polar surface area (TPSA) is 95.7 Å². The summed E-state index contributed by atoms with van der Waals surface area (Å²) in [6, 6.07) is 0. The SMILES string of the molecule is CCOC(=O)c1nn(C(C)(C)C)c(Oc2cncc(C3(O)COC3)c2C(F)(F)F)c1C. The first-order chi connectivity index (χ1) is 14.3. The summed E-state index contributed by atoms with van der Waals surface area (Å²) in [5, 5.41) is 14.7. The van der Waals surface area contributed by atoms with Crippen molar-refractivity contribution >= 4 is 5.97 Å². The Morgan fingerprint density at radius 2 is 1.94 bits per heavy atom. The maximum absolute atomic E-state index is 14.0. The van der Waals surface area contributed by atoms with Crippen molar-refractivity contribution < 1.29 is 37.3 Å². The number of alkyl halides is 3. The van der Waals surface area contributed by atoms with Crippen molar-refractivity contribution in [1.82, 2.24) is 14.8 Å². The summed E-state index contributed by atoms with van der Waals surface area (Å²) < 4.78 is 59.0. The van der Waals surface area contributed by atoms with Gasteiger partial charge in [-0.3, -0.25) is 4.98 Å². The summed E-state index contributed by atoms with van der Waals surface area (Å²) in [5.41, 5.74) is -3.98. The molecule has 170 valence electrons. The molecule has 11 heteroatoms. The van der Waals surface area contributed by atoms with Crippen LogP contribution in [0.3, 0.4) is 0 Å². The van der Waals surface area contributed by atoms with Crippen molar-refractivity contribution in [3.8, 4) is 11.6 Å². The molecule has 0 atom stereocenters. The highest BCUT2D eigenvalue weighted by molar-refractivity contribution is 5.89. The monoisotopic (exact) mass is 443 g/mol. The Bertz CT molecular complexity index is 991. The second kappa shape index (κ2) is 7.79. The number of aliphatic hydroxyl groups is 1. The predicted molar refractivity (Wildman–Crippen MR) is 102 cm³/mol. The zero-order valence-corrected chi connectivity index (χ0v) is 17.8. The maximum atomic E-state index is 14.0. The van der Waals surface area contributed by atoms with Crippen LogP contribution in [0.1, 0.15) is 54.9 Å². The van der Waals surface area contributed by atoms with Gasteiger partial charge in [0.15, 0.2) is 11.4 Å². The van der Waals surface area contributed by atoms with Crippen molar-refractivity contribution in [2.24, 2.45) is 0 Å². The number of carbonyl (C=O) groups excluding carboxylic acids is 1. The Hall–Kier alpha value is -2.66. The highest BCUT2D eigenvalue weighted by Crippen LogP contribution is 2.45. The number of ether oxygens (including phenoxy) is 3. The van der Waals surface area contributed by atoms with Gasteiger partial charge < -0.3 is 19.3 Å². The van der Waals surface area contributed by atoms with E-state index in [1.165, 1.54) is 11.6 Å². The lowest BCUT2D eigenvalue weighted by atomic mass is 9.89. The minimum absolute atomic E-state index is 0.0585. The third-order valence-electron chi connectivity index (χ3n) is 4.76. The van der Waals surface area contributed by atoms with Gasteiger partial charge in [0, 0.05) is 17.3 Å². The van der Waals surface area contributed by atoms with Gasteiger partial charge in [0.1, 0.15) is 11.2 Å². The Kier molecular flexibility index (Phi) is 5.78. The molecule has 2 aromatic heterocycles. The minimum atomic E-state index is -4.84. The smallest absolute Gasteiger partial charge is 0.420 e. The van der Waals surface area contributed by atoms with Crippen molar-refractivity contribution in [2.45, 2.75) is 51.9 Å². The van der Waals surface area contributed by atoms with Crippen LogP contribution < -0.4 is 4.74 Å². The average Bonchev–Trinajstić information content (AvgIpc) is 2.96. The number of aromatic nitrogens is 3. The van der Waals surface area contributed by atoms with Gasteiger partial charge in [-0.2, -0.15) is 18.3 Å². The predicted octanol–water partition coefficient (Wildman–Crippen LogP) is 3.55. The Morgan fingerprint density at radius 1 is 1.29 bits per heavy atom. The molecule has 0 unspecified atom stereocenters. The Balaban J connectivity index is 2.17. The number of hydrogen-bond acceptors (Lipinski definition) is 7. The molecule has 0 saturated carbocycles. The second-order valence-corrected chi connectivity index (χ2v) is 8.27. The highest BCUT2D eigenvalue weighted by atomic mass is 19.4. The highest BCUT2D eigenvalue weighted by Gasteiger charge is 2.48. The molecule has 0 bridgehead atoms. The fourth-order valence-corrected chi connectivity index (χ4v) is 3.17. The lowest BCUT2D eigenvalue weighted by Gasteiger charge is -2.38. The summed E-state index contributed by atoms with van der Waals surface area (Å²) >= 11 is 0. The maximum Gasteiger partial charge on any atom is 0.420 e. The molecule has 8 nitrogen and oxygen atoms in total. The third-order valence-corrected chi connectivity index (χ3v) is 4.76. The van der Waals surface area contributed by atoms with Crippen molar-refractivity contribution in [3.63, 3.8) is 0 Å². The summed E-state index contributed by atoms with van der Waals surface area (Å²) in [4.78, 5) is 16.1. The van der Waals surface area contributed by atoms with Gasteiger partial charge in [0.2, 0.25) is 5.88 Å². The van der Waals surface area contributed by atoms with Gasteiger partial charge in [-0.1, -0.05) is 0 Å². The fourth-order valence-electron chi connectivity index (χ4n) is 3.17. The van der Waals surface area contributed by atoms with Gasteiger partial charge in [-0.15, -0.1) is 0 Å². The average molecular weight is 443 g/mol.